The molecule has 0 heterocycles. The molecule has 0 radical (unpaired) electrons. The zero-order valence-corrected chi connectivity index (χ0v) is 10.6. The van der Waals surface area contributed by atoms with Gasteiger partial charge >= 0.3 is 0 Å². The Morgan fingerprint density at radius 3 is 2.71 bits per heavy atom. The fourth-order valence-electron chi connectivity index (χ4n) is 1.39. The van der Waals surface area contributed by atoms with Crippen molar-refractivity contribution in [3.63, 3.8) is 0 Å². The summed E-state index contributed by atoms with van der Waals surface area (Å²) in [5.41, 5.74) is 6.70. The standard InChI is InChI=1S/C13H11ClFNS/c14-10-3-1-2-9(6-10)8-17-11-4-5-13(16)12(15)7-11/h1-7H,8,16H2. The van der Waals surface area contributed by atoms with Crippen molar-refractivity contribution in [1.82, 2.24) is 0 Å². The topological polar surface area (TPSA) is 26.0 Å². The normalized spacial score (nSPS) is 10.5. The first-order valence-corrected chi connectivity index (χ1v) is 6.44. The monoisotopic (exact) mass is 267 g/mol. The first-order chi connectivity index (χ1) is 8.15. The van der Waals surface area contributed by atoms with E-state index in [2.05, 4.69) is 0 Å². The van der Waals surface area contributed by atoms with Crippen molar-refractivity contribution in [1.29, 1.82) is 0 Å². The minimum atomic E-state index is -0.374. The van der Waals surface area contributed by atoms with Crippen molar-refractivity contribution in [3.8, 4) is 0 Å². The number of halogens is 2. The minimum Gasteiger partial charge on any atom is -0.396 e. The zero-order valence-electron chi connectivity index (χ0n) is 8.99. The van der Waals surface area contributed by atoms with Gasteiger partial charge in [-0.1, -0.05) is 23.7 Å². The summed E-state index contributed by atoms with van der Waals surface area (Å²) in [7, 11) is 0. The molecule has 0 bridgehead atoms. The smallest absolute Gasteiger partial charge is 0.147 e. The molecular formula is C13H11ClFNS. The number of benzene rings is 2. The van der Waals surface area contributed by atoms with E-state index >= 15 is 0 Å². The number of hydrogen-bond donors (Lipinski definition) is 1. The number of thioether (sulfide) groups is 1. The molecule has 0 spiro atoms. The maximum absolute atomic E-state index is 13.2. The van der Waals surface area contributed by atoms with Crippen LogP contribution in [0.15, 0.2) is 47.4 Å². The van der Waals surface area contributed by atoms with Crippen LogP contribution in [-0.2, 0) is 5.75 Å². The Morgan fingerprint density at radius 1 is 1.18 bits per heavy atom. The second-order valence-corrected chi connectivity index (χ2v) is 5.09. The number of nitrogen functional groups attached to an aromatic ring is 1. The van der Waals surface area contributed by atoms with Crippen LogP contribution < -0.4 is 5.73 Å². The molecule has 0 atom stereocenters. The van der Waals surface area contributed by atoms with Crippen molar-refractivity contribution in [2.24, 2.45) is 0 Å². The number of anilines is 1. The van der Waals surface area contributed by atoms with Crippen LogP contribution in [0.1, 0.15) is 5.56 Å². The van der Waals surface area contributed by atoms with Gasteiger partial charge in [-0.05, 0) is 35.9 Å². The van der Waals surface area contributed by atoms with Gasteiger partial charge in [-0.25, -0.2) is 4.39 Å². The molecule has 0 saturated heterocycles. The third-order valence-corrected chi connectivity index (χ3v) is 3.57. The van der Waals surface area contributed by atoms with Crippen molar-refractivity contribution in [2.45, 2.75) is 10.6 Å². The summed E-state index contributed by atoms with van der Waals surface area (Å²) in [4.78, 5) is 0.858. The summed E-state index contributed by atoms with van der Waals surface area (Å²) in [6.45, 7) is 0. The summed E-state index contributed by atoms with van der Waals surface area (Å²) in [6, 6.07) is 12.5. The molecule has 2 rings (SSSR count). The van der Waals surface area contributed by atoms with E-state index in [9.17, 15) is 4.39 Å². The summed E-state index contributed by atoms with van der Waals surface area (Å²) >= 11 is 7.44. The fourth-order valence-corrected chi connectivity index (χ4v) is 2.47. The van der Waals surface area contributed by atoms with E-state index in [0.717, 1.165) is 16.2 Å². The Hall–Kier alpha value is -1.19. The summed E-state index contributed by atoms with van der Waals surface area (Å²) in [5, 5.41) is 0.714. The van der Waals surface area contributed by atoms with E-state index < -0.39 is 0 Å². The van der Waals surface area contributed by atoms with Gasteiger partial charge < -0.3 is 5.73 Å². The third kappa shape index (κ3) is 3.38. The lowest BCUT2D eigenvalue weighted by atomic mass is 10.2. The largest absolute Gasteiger partial charge is 0.396 e. The molecule has 1 nitrogen and oxygen atoms in total. The van der Waals surface area contributed by atoms with Crippen LogP contribution in [0.5, 0.6) is 0 Å². The van der Waals surface area contributed by atoms with Gasteiger partial charge in [0.05, 0.1) is 5.69 Å². The summed E-state index contributed by atoms with van der Waals surface area (Å²) < 4.78 is 13.2. The molecule has 0 unspecified atom stereocenters. The van der Waals surface area contributed by atoms with Crippen LogP contribution in [0.4, 0.5) is 10.1 Å². The highest BCUT2D eigenvalue weighted by atomic mass is 35.5. The van der Waals surface area contributed by atoms with Crippen molar-refractivity contribution < 1.29 is 4.39 Å². The van der Waals surface area contributed by atoms with Crippen LogP contribution in [0, 0.1) is 5.82 Å². The van der Waals surface area contributed by atoms with Crippen molar-refractivity contribution in [3.05, 3.63) is 58.9 Å². The maximum Gasteiger partial charge on any atom is 0.147 e. The van der Waals surface area contributed by atoms with E-state index in [1.54, 1.807) is 17.8 Å². The minimum absolute atomic E-state index is 0.178. The van der Waals surface area contributed by atoms with E-state index in [-0.39, 0.29) is 11.5 Å². The highest BCUT2D eigenvalue weighted by molar-refractivity contribution is 7.98. The van der Waals surface area contributed by atoms with Gasteiger partial charge in [0.1, 0.15) is 5.82 Å². The van der Waals surface area contributed by atoms with Gasteiger partial charge in [-0.2, -0.15) is 0 Å². The second-order valence-electron chi connectivity index (χ2n) is 3.60. The van der Waals surface area contributed by atoms with Crippen LogP contribution in [-0.4, -0.2) is 0 Å². The van der Waals surface area contributed by atoms with Gasteiger partial charge in [0.25, 0.3) is 0 Å². The molecule has 0 amide bonds. The number of hydrogen-bond acceptors (Lipinski definition) is 2. The molecule has 2 N–H and O–H groups in total. The zero-order chi connectivity index (χ0) is 12.3. The first kappa shape index (κ1) is 12.3. The Balaban J connectivity index is 2.05. The molecule has 2 aromatic carbocycles. The highest BCUT2D eigenvalue weighted by Crippen LogP contribution is 2.26. The predicted octanol–water partition coefficient (Wildman–Crippen LogP) is 4.35. The van der Waals surface area contributed by atoms with Crippen LogP contribution in [0.3, 0.4) is 0 Å². The van der Waals surface area contributed by atoms with Gasteiger partial charge in [0, 0.05) is 15.7 Å². The molecular weight excluding hydrogens is 257 g/mol. The molecule has 2 aromatic rings. The van der Waals surface area contributed by atoms with Crippen molar-refractivity contribution >= 4 is 29.1 Å². The third-order valence-electron chi connectivity index (χ3n) is 2.27. The highest BCUT2D eigenvalue weighted by Gasteiger charge is 2.01. The molecule has 88 valence electrons. The Morgan fingerprint density at radius 2 is 2.00 bits per heavy atom. The van der Waals surface area contributed by atoms with Crippen LogP contribution >= 0.6 is 23.4 Å². The van der Waals surface area contributed by atoms with E-state index in [4.69, 9.17) is 17.3 Å². The average Bonchev–Trinajstić information content (AvgIpc) is 2.31. The van der Waals surface area contributed by atoms with Gasteiger partial charge in [-0.15, -0.1) is 11.8 Å². The maximum atomic E-state index is 13.2. The van der Waals surface area contributed by atoms with Crippen LogP contribution in [0.25, 0.3) is 0 Å². The quantitative estimate of drug-likeness (QED) is 0.661. The average molecular weight is 268 g/mol. The lowest BCUT2D eigenvalue weighted by molar-refractivity contribution is 0.629. The lowest BCUT2D eigenvalue weighted by Crippen LogP contribution is -1.90. The molecule has 4 heteroatoms. The van der Waals surface area contributed by atoms with E-state index in [0.29, 0.717) is 5.02 Å². The fraction of sp³-hybridized carbons (Fsp3) is 0.0769. The van der Waals surface area contributed by atoms with Crippen molar-refractivity contribution in [2.75, 3.05) is 5.73 Å². The molecule has 0 aliphatic heterocycles. The lowest BCUT2D eigenvalue weighted by Gasteiger charge is -2.04. The second kappa shape index (κ2) is 5.43. The molecule has 0 aromatic heterocycles. The summed E-state index contributed by atoms with van der Waals surface area (Å²) in [5.74, 6) is 0.380. The Kier molecular flexibility index (Phi) is 3.92. The first-order valence-electron chi connectivity index (χ1n) is 5.07. The predicted molar refractivity (Wildman–Crippen MR) is 71.8 cm³/mol. The van der Waals surface area contributed by atoms with Gasteiger partial charge in [0.15, 0.2) is 0 Å². The molecule has 0 aliphatic rings. The van der Waals surface area contributed by atoms with E-state index in [1.807, 2.05) is 30.3 Å². The Bertz CT molecular complexity index is 531. The molecule has 0 saturated carbocycles. The van der Waals surface area contributed by atoms with E-state index in [1.165, 1.54) is 6.07 Å². The SMILES string of the molecule is Nc1ccc(SCc2cccc(Cl)c2)cc1F. The van der Waals surface area contributed by atoms with Gasteiger partial charge in [-0.3, -0.25) is 0 Å². The molecule has 0 aliphatic carbocycles. The molecule has 0 fully saturated rings. The Labute approximate surface area is 109 Å². The number of rotatable bonds is 3. The van der Waals surface area contributed by atoms with Crippen LogP contribution in [0.2, 0.25) is 5.02 Å². The number of nitrogens with two attached hydrogens (primary N) is 1. The molecule has 17 heavy (non-hydrogen) atoms. The van der Waals surface area contributed by atoms with Gasteiger partial charge in [0.2, 0.25) is 0 Å². The summed E-state index contributed by atoms with van der Waals surface area (Å²) in [6.07, 6.45) is 0.